The average Bonchev–Trinajstić information content (AvgIpc) is 3.20. The Kier molecular flexibility index (Phi) is 5.33. The number of hydrogen-bond acceptors (Lipinski definition) is 6. The summed E-state index contributed by atoms with van der Waals surface area (Å²) in [6.07, 6.45) is -0.768. The van der Waals surface area contributed by atoms with E-state index in [1.807, 2.05) is 42.2 Å². The highest BCUT2D eigenvalue weighted by Gasteiger charge is 2.29. The van der Waals surface area contributed by atoms with Crippen molar-refractivity contribution in [3.63, 3.8) is 0 Å². The van der Waals surface area contributed by atoms with Gasteiger partial charge in [-0.2, -0.15) is 5.26 Å². The van der Waals surface area contributed by atoms with Crippen LogP contribution >= 0.6 is 0 Å². The number of rotatable bonds is 4. The van der Waals surface area contributed by atoms with E-state index in [4.69, 9.17) is 10.00 Å². The molecule has 0 aliphatic carbocycles. The number of nitriles is 1. The number of β-amino-alcohol motifs (C(OH)–C–C–N with tert-alkyl or cyclic N) is 1. The van der Waals surface area contributed by atoms with Gasteiger partial charge in [-0.15, -0.1) is 0 Å². The lowest BCUT2D eigenvalue weighted by molar-refractivity contribution is -0.121. The van der Waals surface area contributed by atoms with Gasteiger partial charge in [0.2, 0.25) is 5.91 Å². The van der Waals surface area contributed by atoms with E-state index in [2.05, 4.69) is 6.07 Å². The van der Waals surface area contributed by atoms with Gasteiger partial charge in [-0.05, 0) is 59.2 Å². The van der Waals surface area contributed by atoms with Crippen LogP contribution in [0.4, 0.5) is 5.69 Å². The van der Waals surface area contributed by atoms with Gasteiger partial charge >= 0.3 is 5.97 Å². The molecule has 33 heavy (non-hydrogen) atoms. The first kappa shape index (κ1) is 21.1. The van der Waals surface area contributed by atoms with Crippen LogP contribution in [-0.2, 0) is 16.1 Å². The van der Waals surface area contributed by atoms with E-state index in [0.717, 1.165) is 33.2 Å². The Morgan fingerprint density at radius 3 is 2.70 bits per heavy atom. The third-order valence-electron chi connectivity index (χ3n) is 6.56. The van der Waals surface area contributed by atoms with Crippen molar-refractivity contribution >= 4 is 28.3 Å². The molecule has 1 atom stereocenters. The zero-order chi connectivity index (χ0) is 23.1. The fraction of sp³-hybridized carbons (Fsp3) is 0.269. The molecule has 1 amide bonds. The number of esters is 1. The lowest BCUT2D eigenvalue weighted by Crippen LogP contribution is -2.51. The van der Waals surface area contributed by atoms with Crippen LogP contribution in [0.2, 0.25) is 0 Å². The SMILES string of the molecule is Cc1c(C(O)CN2CCN(c3ccc4ccc(C#N)cc4c3)C(=O)C2)ccc2c1COC2=O. The molecule has 1 saturated heterocycles. The molecule has 0 radical (unpaired) electrons. The highest BCUT2D eigenvalue weighted by molar-refractivity contribution is 5.98. The molecule has 2 heterocycles. The molecule has 5 rings (SSSR count). The summed E-state index contributed by atoms with van der Waals surface area (Å²) in [5.74, 6) is -0.359. The van der Waals surface area contributed by atoms with E-state index >= 15 is 0 Å². The van der Waals surface area contributed by atoms with Gasteiger partial charge < -0.3 is 14.7 Å². The summed E-state index contributed by atoms with van der Waals surface area (Å²) in [7, 11) is 0. The monoisotopic (exact) mass is 441 g/mol. The number of carbonyl (C=O) groups excluding carboxylic acids is 2. The van der Waals surface area contributed by atoms with Crippen molar-refractivity contribution in [3.8, 4) is 6.07 Å². The fourth-order valence-electron chi connectivity index (χ4n) is 4.69. The summed E-state index contributed by atoms with van der Waals surface area (Å²) in [5, 5.41) is 22.0. The highest BCUT2D eigenvalue weighted by Crippen LogP contribution is 2.30. The number of anilines is 1. The van der Waals surface area contributed by atoms with Gasteiger partial charge in [-0.1, -0.05) is 18.2 Å². The summed E-state index contributed by atoms with van der Waals surface area (Å²) in [6, 6.07) is 17.0. The van der Waals surface area contributed by atoms with Crippen molar-refractivity contribution in [2.24, 2.45) is 0 Å². The predicted octanol–water partition coefficient (Wildman–Crippen LogP) is 3.07. The topological polar surface area (TPSA) is 93.9 Å². The Labute approximate surface area is 191 Å². The molecule has 1 N–H and O–H groups in total. The summed E-state index contributed by atoms with van der Waals surface area (Å²) < 4.78 is 5.10. The van der Waals surface area contributed by atoms with Crippen molar-refractivity contribution in [2.75, 3.05) is 31.1 Å². The van der Waals surface area contributed by atoms with Crippen molar-refractivity contribution in [1.29, 1.82) is 5.26 Å². The maximum atomic E-state index is 12.9. The Morgan fingerprint density at radius 2 is 1.91 bits per heavy atom. The molecule has 0 aromatic heterocycles. The maximum absolute atomic E-state index is 12.9. The van der Waals surface area contributed by atoms with E-state index in [0.29, 0.717) is 30.8 Å². The number of benzene rings is 3. The second-order valence-electron chi connectivity index (χ2n) is 8.54. The number of amides is 1. The first-order valence-electron chi connectivity index (χ1n) is 10.9. The third kappa shape index (κ3) is 3.84. The number of nitrogens with zero attached hydrogens (tertiary/aromatic N) is 3. The number of cyclic esters (lactones) is 1. The number of hydrogen-bond donors (Lipinski definition) is 1. The number of fused-ring (bicyclic) bond motifs is 2. The van der Waals surface area contributed by atoms with E-state index in [-0.39, 0.29) is 25.0 Å². The zero-order valence-corrected chi connectivity index (χ0v) is 18.2. The molecule has 166 valence electrons. The Hall–Kier alpha value is -3.73. The highest BCUT2D eigenvalue weighted by atomic mass is 16.5. The fourth-order valence-corrected chi connectivity index (χ4v) is 4.69. The van der Waals surface area contributed by atoms with Gasteiger partial charge in [0.1, 0.15) is 6.61 Å². The van der Waals surface area contributed by atoms with E-state index in [1.165, 1.54) is 0 Å². The Balaban J connectivity index is 1.28. The standard InChI is InChI=1S/C26H23N3O4/c1-16-21(6-7-22-23(16)15-33-26(22)32)24(30)13-28-8-9-29(25(31)14-28)20-5-4-18-3-2-17(12-27)10-19(18)11-20/h2-7,10-11,24,30H,8-9,13-15H2,1H3. The first-order chi connectivity index (χ1) is 15.9. The predicted molar refractivity (Wildman–Crippen MR) is 123 cm³/mol. The summed E-state index contributed by atoms with van der Waals surface area (Å²) in [6.45, 7) is 3.81. The van der Waals surface area contributed by atoms with Crippen LogP contribution in [-0.4, -0.2) is 48.1 Å². The minimum absolute atomic E-state index is 0.0334. The third-order valence-corrected chi connectivity index (χ3v) is 6.56. The molecule has 7 heteroatoms. The molecule has 3 aromatic carbocycles. The van der Waals surface area contributed by atoms with Crippen molar-refractivity contribution in [1.82, 2.24) is 4.90 Å². The van der Waals surface area contributed by atoms with Crippen molar-refractivity contribution in [2.45, 2.75) is 19.6 Å². The van der Waals surface area contributed by atoms with Crippen LogP contribution in [0.5, 0.6) is 0 Å². The molecule has 0 spiro atoms. The van der Waals surface area contributed by atoms with Crippen LogP contribution in [0.1, 0.15) is 38.7 Å². The summed E-state index contributed by atoms with van der Waals surface area (Å²) >= 11 is 0. The number of carbonyl (C=O) groups is 2. The molecular weight excluding hydrogens is 418 g/mol. The summed E-state index contributed by atoms with van der Waals surface area (Å²) in [5.41, 5.74) is 4.40. The Bertz CT molecular complexity index is 1330. The molecule has 2 aliphatic rings. The van der Waals surface area contributed by atoms with Gasteiger partial charge in [0.25, 0.3) is 0 Å². The van der Waals surface area contributed by atoms with Crippen molar-refractivity contribution in [3.05, 3.63) is 76.3 Å². The van der Waals surface area contributed by atoms with Gasteiger partial charge in [0.05, 0.1) is 29.8 Å². The smallest absolute Gasteiger partial charge is 0.338 e. The number of aliphatic hydroxyl groups excluding tert-OH is 1. The second kappa shape index (κ2) is 8.32. The molecule has 2 aliphatic heterocycles. The molecule has 3 aromatic rings. The average molecular weight is 441 g/mol. The van der Waals surface area contributed by atoms with Gasteiger partial charge in [0.15, 0.2) is 0 Å². The van der Waals surface area contributed by atoms with Crippen molar-refractivity contribution < 1.29 is 19.4 Å². The molecular formula is C26H23N3O4. The zero-order valence-electron chi connectivity index (χ0n) is 18.2. The number of ether oxygens (including phenoxy) is 1. The number of piperazine rings is 1. The van der Waals surface area contributed by atoms with Crippen LogP contribution in [0.25, 0.3) is 10.8 Å². The first-order valence-corrected chi connectivity index (χ1v) is 10.9. The van der Waals surface area contributed by atoms with Crippen LogP contribution < -0.4 is 4.90 Å². The maximum Gasteiger partial charge on any atom is 0.338 e. The molecule has 7 nitrogen and oxygen atoms in total. The minimum Gasteiger partial charge on any atom is -0.457 e. The molecule has 1 fully saturated rings. The van der Waals surface area contributed by atoms with E-state index < -0.39 is 6.10 Å². The van der Waals surface area contributed by atoms with Gasteiger partial charge in [0, 0.05) is 30.9 Å². The molecule has 1 unspecified atom stereocenters. The molecule has 0 saturated carbocycles. The van der Waals surface area contributed by atoms with Gasteiger partial charge in [-0.3, -0.25) is 9.69 Å². The minimum atomic E-state index is -0.768. The van der Waals surface area contributed by atoms with E-state index in [9.17, 15) is 14.7 Å². The van der Waals surface area contributed by atoms with Crippen LogP contribution in [0.3, 0.4) is 0 Å². The second-order valence-corrected chi connectivity index (χ2v) is 8.54. The van der Waals surface area contributed by atoms with Crippen LogP contribution in [0, 0.1) is 18.3 Å². The quantitative estimate of drug-likeness (QED) is 0.626. The lowest BCUT2D eigenvalue weighted by atomic mass is 9.95. The van der Waals surface area contributed by atoms with E-state index in [1.54, 1.807) is 23.1 Å². The van der Waals surface area contributed by atoms with Gasteiger partial charge in [-0.25, -0.2) is 4.79 Å². The number of aliphatic hydroxyl groups is 1. The Morgan fingerprint density at radius 1 is 1.09 bits per heavy atom. The normalized spacial score (nSPS) is 17.1. The van der Waals surface area contributed by atoms with Crippen LogP contribution in [0.15, 0.2) is 48.5 Å². The molecule has 0 bridgehead atoms. The largest absolute Gasteiger partial charge is 0.457 e. The lowest BCUT2D eigenvalue weighted by Gasteiger charge is -2.35. The summed E-state index contributed by atoms with van der Waals surface area (Å²) in [4.78, 5) is 28.4.